The standard InChI is InChI=1S/C14H14BrNOS/c1-2-13(17)10-3-6-12(7-4-10)18-14-8-5-11(15)9-16-14/h3-9,13,17H,2H2,1H3. The Morgan fingerprint density at radius 2 is 1.94 bits per heavy atom. The number of aromatic nitrogens is 1. The smallest absolute Gasteiger partial charge is 0.101 e. The van der Waals surface area contributed by atoms with E-state index in [1.54, 1.807) is 18.0 Å². The minimum atomic E-state index is -0.366. The molecule has 1 aromatic carbocycles. The lowest BCUT2D eigenvalue weighted by molar-refractivity contribution is 0.173. The number of aliphatic hydroxyl groups excluding tert-OH is 1. The van der Waals surface area contributed by atoms with Crippen molar-refractivity contribution >= 4 is 27.7 Å². The molecular formula is C14H14BrNOS. The van der Waals surface area contributed by atoms with Crippen LogP contribution in [0.2, 0.25) is 0 Å². The zero-order valence-electron chi connectivity index (χ0n) is 10.0. The predicted molar refractivity (Wildman–Crippen MR) is 77.8 cm³/mol. The molecule has 94 valence electrons. The third kappa shape index (κ3) is 3.57. The number of rotatable bonds is 4. The van der Waals surface area contributed by atoms with Crippen molar-refractivity contribution in [3.8, 4) is 0 Å². The van der Waals surface area contributed by atoms with Gasteiger partial charge in [-0.25, -0.2) is 4.98 Å². The van der Waals surface area contributed by atoms with Gasteiger partial charge in [-0.05, 0) is 52.2 Å². The largest absolute Gasteiger partial charge is 0.388 e. The summed E-state index contributed by atoms with van der Waals surface area (Å²) in [7, 11) is 0. The van der Waals surface area contributed by atoms with Crippen molar-refractivity contribution in [1.29, 1.82) is 0 Å². The quantitative estimate of drug-likeness (QED) is 0.903. The summed E-state index contributed by atoms with van der Waals surface area (Å²) < 4.78 is 0.980. The molecule has 2 aromatic rings. The third-order valence-electron chi connectivity index (χ3n) is 2.57. The molecule has 0 amide bonds. The van der Waals surface area contributed by atoms with Crippen molar-refractivity contribution < 1.29 is 5.11 Å². The number of benzene rings is 1. The van der Waals surface area contributed by atoms with Crippen LogP contribution in [0.5, 0.6) is 0 Å². The summed E-state index contributed by atoms with van der Waals surface area (Å²) >= 11 is 4.98. The maximum Gasteiger partial charge on any atom is 0.101 e. The number of hydrogen-bond acceptors (Lipinski definition) is 3. The fraction of sp³-hybridized carbons (Fsp3) is 0.214. The van der Waals surface area contributed by atoms with E-state index in [-0.39, 0.29) is 6.10 Å². The highest BCUT2D eigenvalue weighted by Gasteiger charge is 2.05. The Bertz CT molecular complexity index is 498. The topological polar surface area (TPSA) is 33.1 Å². The van der Waals surface area contributed by atoms with E-state index >= 15 is 0 Å². The molecule has 4 heteroatoms. The van der Waals surface area contributed by atoms with Crippen molar-refractivity contribution in [2.75, 3.05) is 0 Å². The molecule has 1 N–H and O–H groups in total. The van der Waals surface area contributed by atoms with Crippen LogP contribution in [0, 0.1) is 0 Å². The lowest BCUT2D eigenvalue weighted by Gasteiger charge is -2.08. The molecule has 0 aliphatic rings. The van der Waals surface area contributed by atoms with Gasteiger partial charge in [0.2, 0.25) is 0 Å². The molecule has 0 aliphatic heterocycles. The lowest BCUT2D eigenvalue weighted by Crippen LogP contribution is -1.94. The summed E-state index contributed by atoms with van der Waals surface area (Å²) in [5, 5.41) is 10.7. The average Bonchev–Trinajstić information content (AvgIpc) is 2.41. The summed E-state index contributed by atoms with van der Waals surface area (Å²) in [6, 6.07) is 11.9. The summed E-state index contributed by atoms with van der Waals surface area (Å²) in [4.78, 5) is 5.44. The van der Waals surface area contributed by atoms with Crippen LogP contribution in [0.4, 0.5) is 0 Å². The first-order chi connectivity index (χ1) is 8.69. The van der Waals surface area contributed by atoms with E-state index in [4.69, 9.17) is 0 Å². The molecule has 0 saturated heterocycles. The van der Waals surface area contributed by atoms with Crippen molar-refractivity contribution in [3.05, 3.63) is 52.6 Å². The SMILES string of the molecule is CCC(O)c1ccc(Sc2ccc(Br)cn2)cc1. The Morgan fingerprint density at radius 1 is 1.22 bits per heavy atom. The summed E-state index contributed by atoms with van der Waals surface area (Å²) in [5.74, 6) is 0. The summed E-state index contributed by atoms with van der Waals surface area (Å²) in [6.45, 7) is 1.97. The second-order valence-electron chi connectivity index (χ2n) is 3.91. The first kappa shape index (κ1) is 13.6. The highest BCUT2D eigenvalue weighted by atomic mass is 79.9. The number of nitrogens with zero attached hydrogens (tertiary/aromatic N) is 1. The summed E-state index contributed by atoms with van der Waals surface area (Å²) in [5.41, 5.74) is 0.964. The van der Waals surface area contributed by atoms with Gasteiger partial charge in [0.25, 0.3) is 0 Å². The lowest BCUT2D eigenvalue weighted by atomic mass is 10.1. The minimum Gasteiger partial charge on any atom is -0.388 e. The van der Waals surface area contributed by atoms with Crippen molar-refractivity contribution in [2.24, 2.45) is 0 Å². The van der Waals surface area contributed by atoms with Crippen LogP contribution in [-0.2, 0) is 0 Å². The first-order valence-corrected chi connectivity index (χ1v) is 7.37. The van der Waals surface area contributed by atoms with Gasteiger partial charge in [-0.15, -0.1) is 0 Å². The molecule has 0 fully saturated rings. The Balaban J connectivity index is 2.08. The molecular weight excluding hydrogens is 310 g/mol. The van der Waals surface area contributed by atoms with Crippen molar-refractivity contribution in [2.45, 2.75) is 29.4 Å². The Labute approximate surface area is 120 Å². The van der Waals surface area contributed by atoms with E-state index in [1.165, 1.54) is 0 Å². The highest BCUT2D eigenvalue weighted by Crippen LogP contribution is 2.28. The molecule has 1 heterocycles. The van der Waals surface area contributed by atoms with Gasteiger partial charge in [-0.2, -0.15) is 0 Å². The molecule has 0 radical (unpaired) electrons. The second kappa shape index (κ2) is 6.36. The molecule has 0 saturated carbocycles. The van der Waals surface area contributed by atoms with E-state index in [9.17, 15) is 5.11 Å². The van der Waals surface area contributed by atoms with Gasteiger partial charge in [-0.1, -0.05) is 30.8 Å². The number of pyridine rings is 1. The maximum absolute atomic E-state index is 9.72. The predicted octanol–water partition coefficient (Wildman–Crippen LogP) is 4.44. The third-order valence-corrected chi connectivity index (χ3v) is 4.00. The summed E-state index contributed by atoms with van der Waals surface area (Å²) in [6.07, 6.45) is 2.16. The molecule has 1 aromatic heterocycles. The van der Waals surface area contributed by atoms with Gasteiger partial charge in [0, 0.05) is 15.6 Å². The van der Waals surface area contributed by atoms with Crippen LogP contribution in [0.15, 0.2) is 57.0 Å². The number of aliphatic hydroxyl groups is 1. The Kier molecular flexibility index (Phi) is 4.80. The van der Waals surface area contributed by atoms with E-state index < -0.39 is 0 Å². The molecule has 1 atom stereocenters. The van der Waals surface area contributed by atoms with Gasteiger partial charge in [0.05, 0.1) is 6.10 Å². The molecule has 18 heavy (non-hydrogen) atoms. The zero-order valence-corrected chi connectivity index (χ0v) is 12.4. The number of halogens is 1. The monoisotopic (exact) mass is 323 g/mol. The van der Waals surface area contributed by atoms with Crippen LogP contribution in [-0.4, -0.2) is 10.1 Å². The molecule has 2 rings (SSSR count). The fourth-order valence-corrected chi connectivity index (χ4v) is 2.53. The van der Waals surface area contributed by atoms with Crippen molar-refractivity contribution in [1.82, 2.24) is 4.98 Å². The molecule has 2 nitrogen and oxygen atoms in total. The fourth-order valence-electron chi connectivity index (χ4n) is 1.54. The van der Waals surface area contributed by atoms with Gasteiger partial charge in [0.15, 0.2) is 0 Å². The van der Waals surface area contributed by atoms with Gasteiger partial charge in [0.1, 0.15) is 5.03 Å². The normalized spacial score (nSPS) is 12.4. The Hall–Kier alpha value is -0.840. The van der Waals surface area contributed by atoms with Gasteiger partial charge in [-0.3, -0.25) is 0 Å². The molecule has 0 spiro atoms. The van der Waals surface area contributed by atoms with Crippen LogP contribution in [0.25, 0.3) is 0 Å². The maximum atomic E-state index is 9.72. The number of hydrogen-bond donors (Lipinski definition) is 1. The van der Waals surface area contributed by atoms with Crippen LogP contribution < -0.4 is 0 Å². The first-order valence-electron chi connectivity index (χ1n) is 5.76. The average molecular weight is 324 g/mol. The second-order valence-corrected chi connectivity index (χ2v) is 5.92. The molecule has 0 bridgehead atoms. The van der Waals surface area contributed by atoms with Gasteiger partial charge < -0.3 is 5.11 Å². The van der Waals surface area contributed by atoms with E-state index in [0.29, 0.717) is 0 Å². The minimum absolute atomic E-state index is 0.366. The van der Waals surface area contributed by atoms with Crippen LogP contribution >= 0.6 is 27.7 Å². The van der Waals surface area contributed by atoms with E-state index in [1.807, 2.05) is 43.3 Å². The van der Waals surface area contributed by atoms with E-state index in [0.717, 1.165) is 26.4 Å². The molecule has 1 unspecified atom stereocenters. The van der Waals surface area contributed by atoms with Crippen molar-refractivity contribution in [3.63, 3.8) is 0 Å². The highest BCUT2D eigenvalue weighted by molar-refractivity contribution is 9.10. The van der Waals surface area contributed by atoms with Gasteiger partial charge >= 0.3 is 0 Å². The van der Waals surface area contributed by atoms with E-state index in [2.05, 4.69) is 20.9 Å². The Morgan fingerprint density at radius 3 is 2.50 bits per heavy atom. The van der Waals surface area contributed by atoms with Crippen LogP contribution in [0.1, 0.15) is 25.0 Å². The van der Waals surface area contributed by atoms with Crippen LogP contribution in [0.3, 0.4) is 0 Å². The zero-order chi connectivity index (χ0) is 13.0. The molecule has 0 aliphatic carbocycles.